The Labute approximate surface area is 122 Å². The molecule has 1 aromatic rings. The maximum Gasteiger partial charge on any atom is 0.341 e. The van der Waals surface area contributed by atoms with Gasteiger partial charge in [0.1, 0.15) is 12.0 Å². The van der Waals surface area contributed by atoms with E-state index in [2.05, 4.69) is 0 Å². The van der Waals surface area contributed by atoms with E-state index in [1.807, 2.05) is 18.2 Å². The Bertz CT molecular complexity index is 541. The van der Waals surface area contributed by atoms with Crippen molar-refractivity contribution in [1.29, 1.82) is 0 Å². The minimum absolute atomic E-state index is 0.0210. The van der Waals surface area contributed by atoms with Crippen molar-refractivity contribution >= 4 is 12.3 Å². The van der Waals surface area contributed by atoms with Crippen molar-refractivity contribution in [3.8, 4) is 5.75 Å². The normalized spacial score (nSPS) is 30.3. The van der Waals surface area contributed by atoms with Crippen LogP contribution in [0.2, 0.25) is 0 Å². The number of benzene rings is 1. The van der Waals surface area contributed by atoms with Crippen molar-refractivity contribution in [3.05, 3.63) is 29.8 Å². The third-order valence-corrected chi connectivity index (χ3v) is 4.38. The molecule has 2 aliphatic heterocycles. The minimum Gasteiger partial charge on any atom is -0.482 e. The molecule has 1 aromatic carbocycles. The summed E-state index contributed by atoms with van der Waals surface area (Å²) in [5, 5.41) is 8.63. The van der Waals surface area contributed by atoms with E-state index >= 15 is 0 Å². The van der Waals surface area contributed by atoms with Gasteiger partial charge >= 0.3 is 5.97 Å². The topological polar surface area (TPSA) is 72.8 Å². The molecular formula is C16H18O5. The Hall–Kier alpha value is -1.88. The molecule has 2 heterocycles. The summed E-state index contributed by atoms with van der Waals surface area (Å²) in [5.74, 6) is -0.257. The quantitative estimate of drug-likeness (QED) is 0.807. The van der Waals surface area contributed by atoms with Crippen molar-refractivity contribution in [2.75, 3.05) is 6.61 Å². The first-order valence-electron chi connectivity index (χ1n) is 7.21. The maximum absolute atomic E-state index is 11.3. The van der Waals surface area contributed by atoms with Crippen LogP contribution in [-0.4, -0.2) is 36.2 Å². The third-order valence-electron chi connectivity index (χ3n) is 4.38. The van der Waals surface area contributed by atoms with E-state index in [1.165, 1.54) is 0 Å². The summed E-state index contributed by atoms with van der Waals surface area (Å²) in [4.78, 5) is 21.8. The first-order valence-corrected chi connectivity index (χ1v) is 7.21. The lowest BCUT2D eigenvalue weighted by Crippen LogP contribution is -2.29. The van der Waals surface area contributed by atoms with E-state index < -0.39 is 5.97 Å². The summed E-state index contributed by atoms with van der Waals surface area (Å²) >= 11 is 0. The summed E-state index contributed by atoms with van der Waals surface area (Å²) in [6, 6.07) is 7.40. The van der Waals surface area contributed by atoms with Crippen LogP contribution in [0.15, 0.2) is 24.3 Å². The van der Waals surface area contributed by atoms with Crippen LogP contribution in [0.1, 0.15) is 18.4 Å². The van der Waals surface area contributed by atoms with Crippen molar-refractivity contribution in [1.82, 2.24) is 0 Å². The average Bonchev–Trinajstić information content (AvgIpc) is 3.06. The molecule has 5 heteroatoms. The predicted octanol–water partition coefficient (Wildman–Crippen LogP) is 1.69. The fourth-order valence-electron chi connectivity index (χ4n) is 3.45. The van der Waals surface area contributed by atoms with Gasteiger partial charge in [-0.05, 0) is 37.0 Å². The maximum atomic E-state index is 11.3. The van der Waals surface area contributed by atoms with Crippen LogP contribution in [0.5, 0.6) is 5.75 Å². The van der Waals surface area contributed by atoms with Gasteiger partial charge in [-0.3, -0.25) is 0 Å². The van der Waals surface area contributed by atoms with E-state index in [0.29, 0.717) is 5.75 Å². The molecule has 1 N–H and O–H groups in total. The van der Waals surface area contributed by atoms with Crippen molar-refractivity contribution in [2.45, 2.75) is 31.5 Å². The van der Waals surface area contributed by atoms with Crippen LogP contribution in [0, 0.1) is 11.8 Å². The molecule has 2 fully saturated rings. The number of aldehydes is 1. The Kier molecular flexibility index (Phi) is 3.92. The lowest BCUT2D eigenvalue weighted by molar-refractivity contribution is -0.139. The number of hydrogen-bond acceptors (Lipinski definition) is 4. The van der Waals surface area contributed by atoms with E-state index in [1.54, 1.807) is 6.07 Å². The number of hydrogen-bond donors (Lipinski definition) is 1. The van der Waals surface area contributed by atoms with Gasteiger partial charge in [0, 0.05) is 11.8 Å². The molecule has 0 aromatic heterocycles. The van der Waals surface area contributed by atoms with Gasteiger partial charge in [0.25, 0.3) is 0 Å². The zero-order chi connectivity index (χ0) is 14.8. The standard InChI is InChI=1S/C16H18O5/c17-8-13-12(14-4-5-15(13)21-14)7-10-2-1-3-11(6-10)20-9-16(18)19/h1-3,6,8,12-15H,4-5,7,9H2,(H,18,19)/t12-,13+,14-,15+/m0/s1. The van der Waals surface area contributed by atoms with Crippen LogP contribution < -0.4 is 4.74 Å². The number of carboxylic acid groups (broad SMARTS) is 1. The molecule has 112 valence electrons. The number of carboxylic acids is 1. The molecule has 2 saturated heterocycles. The molecule has 0 aliphatic carbocycles. The smallest absolute Gasteiger partial charge is 0.341 e. The summed E-state index contributed by atoms with van der Waals surface area (Å²) in [5.41, 5.74) is 1.05. The summed E-state index contributed by atoms with van der Waals surface area (Å²) in [6.45, 7) is -0.350. The molecule has 5 nitrogen and oxygen atoms in total. The van der Waals surface area contributed by atoms with Crippen LogP contribution in [-0.2, 0) is 20.7 Å². The monoisotopic (exact) mass is 290 g/mol. The van der Waals surface area contributed by atoms with E-state index in [-0.39, 0.29) is 30.7 Å². The van der Waals surface area contributed by atoms with Crippen molar-refractivity contribution < 1.29 is 24.2 Å². The molecule has 0 saturated carbocycles. The molecule has 0 radical (unpaired) electrons. The second-order valence-electron chi connectivity index (χ2n) is 5.70. The van der Waals surface area contributed by atoms with Crippen LogP contribution >= 0.6 is 0 Å². The van der Waals surface area contributed by atoms with Gasteiger partial charge in [0.15, 0.2) is 6.61 Å². The van der Waals surface area contributed by atoms with Gasteiger partial charge in [-0.2, -0.15) is 0 Å². The third kappa shape index (κ3) is 2.93. The predicted molar refractivity (Wildman–Crippen MR) is 74.2 cm³/mol. The highest BCUT2D eigenvalue weighted by atomic mass is 16.5. The molecular weight excluding hydrogens is 272 g/mol. The number of aliphatic carboxylic acids is 1. The lowest BCUT2D eigenvalue weighted by Gasteiger charge is -2.24. The van der Waals surface area contributed by atoms with Gasteiger partial charge < -0.3 is 19.4 Å². The molecule has 0 unspecified atom stereocenters. The average molecular weight is 290 g/mol. The highest BCUT2D eigenvalue weighted by molar-refractivity contribution is 5.68. The highest BCUT2D eigenvalue weighted by Crippen LogP contribution is 2.44. The first kappa shape index (κ1) is 14.1. The zero-order valence-corrected chi connectivity index (χ0v) is 11.6. The van der Waals surface area contributed by atoms with Gasteiger partial charge in [-0.15, -0.1) is 0 Å². The Morgan fingerprint density at radius 1 is 1.38 bits per heavy atom. The summed E-state index contributed by atoms with van der Waals surface area (Å²) < 4.78 is 11.0. The molecule has 0 spiro atoms. The second kappa shape index (κ2) is 5.85. The van der Waals surface area contributed by atoms with Crippen LogP contribution in [0.4, 0.5) is 0 Å². The number of carbonyl (C=O) groups excluding carboxylic acids is 1. The van der Waals surface area contributed by atoms with E-state index in [0.717, 1.165) is 31.1 Å². The Morgan fingerprint density at radius 3 is 2.95 bits per heavy atom. The van der Waals surface area contributed by atoms with Gasteiger partial charge in [0.2, 0.25) is 0 Å². The molecule has 0 amide bonds. The fourth-order valence-corrected chi connectivity index (χ4v) is 3.45. The van der Waals surface area contributed by atoms with E-state index in [4.69, 9.17) is 14.6 Å². The van der Waals surface area contributed by atoms with Gasteiger partial charge in [-0.1, -0.05) is 12.1 Å². The van der Waals surface area contributed by atoms with Crippen molar-refractivity contribution in [3.63, 3.8) is 0 Å². The van der Waals surface area contributed by atoms with Crippen molar-refractivity contribution in [2.24, 2.45) is 11.8 Å². The largest absolute Gasteiger partial charge is 0.482 e. The fraction of sp³-hybridized carbons (Fsp3) is 0.500. The number of ether oxygens (including phenoxy) is 2. The zero-order valence-electron chi connectivity index (χ0n) is 11.6. The number of carbonyl (C=O) groups is 2. The highest BCUT2D eigenvalue weighted by Gasteiger charge is 2.48. The second-order valence-corrected chi connectivity index (χ2v) is 5.70. The number of rotatable bonds is 6. The van der Waals surface area contributed by atoms with E-state index in [9.17, 15) is 9.59 Å². The summed E-state index contributed by atoms with van der Waals surface area (Å²) in [7, 11) is 0. The Balaban J connectivity index is 1.68. The van der Waals surface area contributed by atoms with Gasteiger partial charge in [-0.25, -0.2) is 4.79 Å². The Morgan fingerprint density at radius 2 is 2.19 bits per heavy atom. The summed E-state index contributed by atoms with van der Waals surface area (Å²) in [6.07, 6.45) is 4.05. The van der Waals surface area contributed by atoms with Crippen LogP contribution in [0.3, 0.4) is 0 Å². The lowest BCUT2D eigenvalue weighted by atomic mass is 9.77. The molecule has 21 heavy (non-hydrogen) atoms. The SMILES string of the molecule is O=C[C@@H]1[C@H](Cc2cccc(OCC(=O)O)c2)[C@@H]2CC[C@H]1O2. The first-order chi connectivity index (χ1) is 10.2. The molecule has 3 rings (SSSR count). The van der Waals surface area contributed by atoms with Crippen LogP contribution in [0.25, 0.3) is 0 Å². The number of fused-ring (bicyclic) bond motifs is 2. The van der Waals surface area contributed by atoms with Gasteiger partial charge in [0.05, 0.1) is 12.2 Å². The molecule has 2 aliphatic rings. The minimum atomic E-state index is -0.997. The molecule has 2 bridgehead atoms. The molecule has 4 atom stereocenters.